The van der Waals surface area contributed by atoms with E-state index < -0.39 is 30.4 Å². The van der Waals surface area contributed by atoms with E-state index >= 15 is 0 Å². The summed E-state index contributed by atoms with van der Waals surface area (Å²) in [5, 5.41) is 1.25. The lowest BCUT2D eigenvalue weighted by molar-refractivity contribution is 0.470. The molecule has 1 heterocycles. The van der Waals surface area contributed by atoms with Crippen molar-refractivity contribution >= 4 is 31.9 Å². The highest BCUT2D eigenvalue weighted by Gasteiger charge is 2.23. The van der Waals surface area contributed by atoms with Crippen molar-refractivity contribution in [3.8, 4) is 0 Å². The highest BCUT2D eigenvalue weighted by molar-refractivity contribution is 7.86. The maximum atomic E-state index is 11.3. The zero-order valence-electron chi connectivity index (χ0n) is 11.6. The molecule has 10 nitrogen and oxygen atoms in total. The summed E-state index contributed by atoms with van der Waals surface area (Å²) in [6, 6.07) is 3.31. The predicted molar refractivity (Wildman–Crippen MR) is 79.3 cm³/mol. The average molecular weight is 360 g/mol. The van der Waals surface area contributed by atoms with E-state index in [1.807, 2.05) is 0 Å². The monoisotopic (exact) mass is 360 g/mol. The number of benzene rings is 1. The molecule has 1 atom stereocenters. The first kappa shape index (κ1) is 17.2. The summed E-state index contributed by atoms with van der Waals surface area (Å²) in [7, 11) is -9.04. The summed E-state index contributed by atoms with van der Waals surface area (Å²) in [5.41, 5.74) is 0.0657. The molecular formula is C11H12N4O6S2. The third kappa shape index (κ3) is 4.41. The first-order chi connectivity index (χ1) is 10.6. The minimum absolute atomic E-state index is 0.0424. The fourth-order valence-electron chi connectivity index (χ4n) is 1.68. The molecule has 0 fully saturated rings. The van der Waals surface area contributed by atoms with Gasteiger partial charge in [-0.05, 0) is 30.7 Å². The lowest BCUT2D eigenvalue weighted by atomic mass is 10.1. The summed E-state index contributed by atoms with van der Waals surface area (Å²) in [4.78, 5) is 10.6. The standard InChI is InChI=1S/C11H12N4O6S2/c1-7(22(16,17)18)8-2-9(4-10(3-8)23(19,20)21)15-11-13-5-12-6-14-11/h2-7H,1H3,(H,16,17,18)(H,19,20,21)(H,12,13,14,15). The van der Waals surface area contributed by atoms with Gasteiger partial charge in [0.05, 0.1) is 4.90 Å². The van der Waals surface area contributed by atoms with Gasteiger partial charge in [-0.15, -0.1) is 0 Å². The Morgan fingerprint density at radius 2 is 1.65 bits per heavy atom. The van der Waals surface area contributed by atoms with Crippen LogP contribution in [0.5, 0.6) is 0 Å². The summed E-state index contributed by atoms with van der Waals surface area (Å²) in [6.07, 6.45) is 2.40. The second-order valence-corrected chi connectivity index (χ2v) is 7.67. The molecule has 0 spiro atoms. The summed E-state index contributed by atoms with van der Waals surface area (Å²) < 4.78 is 63.5. The molecule has 0 radical (unpaired) electrons. The molecule has 0 aliphatic heterocycles. The predicted octanol–water partition coefficient (Wildman–Crippen LogP) is 0.811. The fraction of sp³-hybridized carbons (Fsp3) is 0.182. The SMILES string of the molecule is CC(c1cc(Nc2ncncn2)cc(S(=O)(=O)O)c1)S(=O)(=O)O. The molecule has 2 aromatic rings. The Morgan fingerprint density at radius 3 is 2.17 bits per heavy atom. The minimum Gasteiger partial charge on any atom is -0.324 e. The van der Waals surface area contributed by atoms with Gasteiger partial charge in [0, 0.05) is 5.69 Å². The van der Waals surface area contributed by atoms with Crippen molar-refractivity contribution in [3.63, 3.8) is 0 Å². The van der Waals surface area contributed by atoms with Gasteiger partial charge in [0.15, 0.2) is 0 Å². The second kappa shape index (κ2) is 6.16. The van der Waals surface area contributed by atoms with Crippen LogP contribution in [0.1, 0.15) is 17.7 Å². The molecule has 0 amide bonds. The molecule has 0 aliphatic carbocycles. The minimum atomic E-state index is -4.59. The van der Waals surface area contributed by atoms with E-state index in [-0.39, 0.29) is 17.2 Å². The molecule has 1 aromatic carbocycles. The first-order valence-electron chi connectivity index (χ1n) is 6.05. The van der Waals surface area contributed by atoms with Crippen LogP contribution in [-0.2, 0) is 20.2 Å². The molecule has 0 saturated heterocycles. The Kier molecular flexibility index (Phi) is 4.61. The van der Waals surface area contributed by atoms with Crippen LogP contribution in [0.25, 0.3) is 0 Å². The lowest BCUT2D eigenvalue weighted by Gasteiger charge is -2.13. The molecule has 12 heteroatoms. The van der Waals surface area contributed by atoms with Crippen molar-refractivity contribution in [3.05, 3.63) is 36.4 Å². The highest BCUT2D eigenvalue weighted by atomic mass is 32.2. The van der Waals surface area contributed by atoms with Gasteiger partial charge in [-0.3, -0.25) is 9.11 Å². The summed E-state index contributed by atoms with van der Waals surface area (Å²) in [5.74, 6) is 0.0814. The largest absolute Gasteiger partial charge is 0.324 e. The smallest absolute Gasteiger partial charge is 0.294 e. The van der Waals surface area contributed by atoms with E-state index in [2.05, 4.69) is 20.3 Å². The second-order valence-electron chi connectivity index (χ2n) is 4.51. The topological polar surface area (TPSA) is 159 Å². The lowest BCUT2D eigenvalue weighted by Crippen LogP contribution is -2.10. The van der Waals surface area contributed by atoms with Crippen LogP contribution in [0, 0.1) is 0 Å². The Morgan fingerprint density at radius 1 is 1.04 bits per heavy atom. The number of nitrogens with zero attached hydrogens (tertiary/aromatic N) is 3. The van der Waals surface area contributed by atoms with Gasteiger partial charge in [-0.1, -0.05) is 0 Å². The van der Waals surface area contributed by atoms with Gasteiger partial charge < -0.3 is 5.32 Å². The zero-order valence-corrected chi connectivity index (χ0v) is 13.3. The van der Waals surface area contributed by atoms with Gasteiger partial charge in [0.2, 0.25) is 5.95 Å². The molecule has 1 aromatic heterocycles. The van der Waals surface area contributed by atoms with Crippen LogP contribution in [0.2, 0.25) is 0 Å². The highest BCUT2D eigenvalue weighted by Crippen LogP contribution is 2.28. The molecule has 124 valence electrons. The Labute approximate surface area is 132 Å². The third-order valence-corrected chi connectivity index (χ3v) is 4.89. The Hall–Kier alpha value is -2.15. The number of anilines is 2. The van der Waals surface area contributed by atoms with Gasteiger partial charge in [0.1, 0.15) is 17.9 Å². The van der Waals surface area contributed by atoms with Gasteiger partial charge in [0.25, 0.3) is 20.2 Å². The third-order valence-electron chi connectivity index (χ3n) is 2.89. The van der Waals surface area contributed by atoms with E-state index in [0.29, 0.717) is 0 Å². The Bertz CT molecular complexity index is 915. The normalized spacial score (nSPS) is 13.5. The molecule has 2 rings (SSSR count). The number of aromatic nitrogens is 3. The van der Waals surface area contributed by atoms with Crippen LogP contribution in [-0.4, -0.2) is 40.9 Å². The zero-order chi connectivity index (χ0) is 17.3. The van der Waals surface area contributed by atoms with Crippen LogP contribution in [0.3, 0.4) is 0 Å². The van der Waals surface area contributed by atoms with E-state index in [1.165, 1.54) is 25.6 Å². The Balaban J connectivity index is 2.54. The molecule has 23 heavy (non-hydrogen) atoms. The van der Waals surface area contributed by atoms with E-state index in [1.54, 1.807) is 0 Å². The van der Waals surface area contributed by atoms with Crippen LogP contribution in [0.4, 0.5) is 11.6 Å². The molecular weight excluding hydrogens is 348 g/mol. The van der Waals surface area contributed by atoms with Crippen molar-refractivity contribution in [2.45, 2.75) is 17.1 Å². The van der Waals surface area contributed by atoms with E-state index in [0.717, 1.165) is 12.1 Å². The van der Waals surface area contributed by atoms with Crippen molar-refractivity contribution < 1.29 is 25.9 Å². The molecule has 3 N–H and O–H groups in total. The van der Waals surface area contributed by atoms with Crippen LogP contribution in [0.15, 0.2) is 35.7 Å². The van der Waals surface area contributed by atoms with Crippen molar-refractivity contribution in [1.29, 1.82) is 0 Å². The van der Waals surface area contributed by atoms with Crippen molar-refractivity contribution in [1.82, 2.24) is 15.0 Å². The molecule has 0 aliphatic rings. The van der Waals surface area contributed by atoms with Crippen LogP contribution >= 0.6 is 0 Å². The molecule has 1 unspecified atom stereocenters. The maximum Gasteiger partial charge on any atom is 0.294 e. The van der Waals surface area contributed by atoms with Gasteiger partial charge in [-0.25, -0.2) is 15.0 Å². The summed E-state index contributed by atoms with van der Waals surface area (Å²) >= 11 is 0. The molecule has 0 bridgehead atoms. The van der Waals surface area contributed by atoms with Gasteiger partial charge in [-0.2, -0.15) is 16.8 Å². The number of hydrogen-bond donors (Lipinski definition) is 3. The molecule has 0 saturated carbocycles. The van der Waals surface area contributed by atoms with Gasteiger partial charge >= 0.3 is 0 Å². The number of hydrogen-bond acceptors (Lipinski definition) is 8. The quantitative estimate of drug-likeness (QED) is 0.651. The first-order valence-corrected chi connectivity index (χ1v) is 8.99. The fourth-order valence-corrected chi connectivity index (χ4v) is 2.72. The van der Waals surface area contributed by atoms with E-state index in [9.17, 15) is 21.4 Å². The van der Waals surface area contributed by atoms with E-state index in [4.69, 9.17) is 4.55 Å². The average Bonchev–Trinajstić information content (AvgIpc) is 2.45. The number of nitrogens with one attached hydrogen (secondary N) is 1. The van der Waals surface area contributed by atoms with Crippen molar-refractivity contribution in [2.75, 3.05) is 5.32 Å². The summed E-state index contributed by atoms with van der Waals surface area (Å²) in [6.45, 7) is 1.17. The van der Waals surface area contributed by atoms with Crippen molar-refractivity contribution in [2.24, 2.45) is 0 Å². The maximum absolute atomic E-state index is 11.3. The van der Waals surface area contributed by atoms with Crippen LogP contribution < -0.4 is 5.32 Å². The number of rotatable bonds is 5.